The van der Waals surface area contributed by atoms with Crippen LogP contribution in [-0.2, 0) is 10.9 Å². The van der Waals surface area contributed by atoms with Crippen LogP contribution in [-0.4, -0.2) is 30.9 Å². The molecule has 1 fully saturated rings. The maximum absolute atomic E-state index is 13.3. The van der Waals surface area contributed by atoms with E-state index in [2.05, 4.69) is 10.6 Å². The second kappa shape index (κ2) is 8.34. The lowest BCUT2D eigenvalue weighted by Gasteiger charge is -2.46. The largest absolute Gasteiger partial charge is 0.416 e. The number of benzene rings is 2. The van der Waals surface area contributed by atoms with Gasteiger partial charge in [0.1, 0.15) is 0 Å². The summed E-state index contributed by atoms with van der Waals surface area (Å²) in [6.45, 7) is 1.08. The lowest BCUT2D eigenvalue weighted by Crippen LogP contribution is -2.42. The average Bonchev–Trinajstić information content (AvgIpc) is 2.73. The van der Waals surface area contributed by atoms with Crippen LogP contribution in [0.3, 0.4) is 0 Å². The minimum atomic E-state index is -4.39. The van der Waals surface area contributed by atoms with Gasteiger partial charge in [0.25, 0.3) is 0 Å². The normalized spacial score (nSPS) is 26.3. The molecule has 0 bridgehead atoms. The third kappa shape index (κ3) is 4.27. The smallest absolute Gasteiger partial charge is 0.395 e. The van der Waals surface area contributed by atoms with E-state index in [4.69, 9.17) is 9.84 Å². The van der Waals surface area contributed by atoms with E-state index in [1.807, 2.05) is 30.3 Å². The van der Waals surface area contributed by atoms with Gasteiger partial charge in [-0.3, -0.25) is 0 Å². The number of fused-ring (bicyclic) bond motifs is 3. The van der Waals surface area contributed by atoms with Gasteiger partial charge in [0.05, 0.1) is 30.4 Å². The molecule has 2 heterocycles. The van der Waals surface area contributed by atoms with Crippen molar-refractivity contribution in [1.82, 2.24) is 5.32 Å². The molecule has 4 atom stereocenters. The first-order valence-electron chi connectivity index (χ1n) is 9.97. The second-order valence-corrected chi connectivity index (χ2v) is 7.68. The minimum absolute atomic E-state index is 0.0169. The van der Waals surface area contributed by atoms with Gasteiger partial charge in [-0.25, -0.2) is 0 Å². The number of hydrogen-bond donors (Lipinski definition) is 3. The van der Waals surface area contributed by atoms with Crippen LogP contribution in [0.1, 0.15) is 41.7 Å². The van der Waals surface area contributed by atoms with Gasteiger partial charge in [-0.2, -0.15) is 13.2 Å². The van der Waals surface area contributed by atoms with Crippen molar-refractivity contribution in [1.29, 1.82) is 0 Å². The van der Waals surface area contributed by atoms with E-state index >= 15 is 0 Å². The van der Waals surface area contributed by atoms with Crippen LogP contribution in [0.15, 0.2) is 48.5 Å². The summed E-state index contributed by atoms with van der Waals surface area (Å²) in [4.78, 5) is 0. The van der Waals surface area contributed by atoms with Gasteiger partial charge < -0.3 is 20.5 Å². The van der Waals surface area contributed by atoms with Crippen LogP contribution >= 0.6 is 0 Å². The van der Waals surface area contributed by atoms with Crippen LogP contribution in [0, 0.1) is 5.92 Å². The molecule has 29 heavy (non-hydrogen) atoms. The molecule has 156 valence electrons. The number of aliphatic hydroxyl groups is 1. The number of anilines is 1. The third-order valence-corrected chi connectivity index (χ3v) is 5.79. The first kappa shape index (κ1) is 20.2. The van der Waals surface area contributed by atoms with Crippen LogP contribution in [0.4, 0.5) is 18.9 Å². The highest BCUT2D eigenvalue weighted by Crippen LogP contribution is 2.51. The summed E-state index contributed by atoms with van der Waals surface area (Å²) in [6, 6.07) is 13.8. The fourth-order valence-electron chi connectivity index (χ4n) is 4.42. The fourth-order valence-corrected chi connectivity index (χ4v) is 4.42. The maximum Gasteiger partial charge on any atom is 0.416 e. The molecule has 0 saturated carbocycles. The summed E-state index contributed by atoms with van der Waals surface area (Å²) in [7, 11) is 0. The van der Waals surface area contributed by atoms with E-state index in [-0.39, 0.29) is 24.7 Å². The minimum Gasteiger partial charge on any atom is -0.395 e. The Morgan fingerprint density at radius 1 is 1.10 bits per heavy atom. The van der Waals surface area contributed by atoms with Gasteiger partial charge in [0, 0.05) is 30.3 Å². The Labute approximate surface area is 168 Å². The lowest BCUT2D eigenvalue weighted by atomic mass is 9.76. The zero-order valence-corrected chi connectivity index (χ0v) is 16.0. The van der Waals surface area contributed by atoms with E-state index in [1.54, 1.807) is 0 Å². The lowest BCUT2D eigenvalue weighted by molar-refractivity contribution is -0.138. The van der Waals surface area contributed by atoms with Crippen molar-refractivity contribution in [3.05, 3.63) is 65.2 Å². The predicted molar refractivity (Wildman–Crippen MR) is 105 cm³/mol. The summed E-state index contributed by atoms with van der Waals surface area (Å²) in [5.41, 5.74) is 1.72. The van der Waals surface area contributed by atoms with Crippen molar-refractivity contribution in [3.8, 4) is 0 Å². The number of ether oxygens (including phenoxy) is 1. The number of alkyl halides is 3. The Kier molecular flexibility index (Phi) is 5.81. The SMILES string of the molecule is OCCNC[C@H]1CC[C@@H]2[C@H](O1)c1cc(C(F)(F)F)ccc1N[C@H]2c1ccccc1. The summed E-state index contributed by atoms with van der Waals surface area (Å²) >= 11 is 0. The maximum atomic E-state index is 13.3. The third-order valence-electron chi connectivity index (χ3n) is 5.79. The second-order valence-electron chi connectivity index (χ2n) is 7.68. The van der Waals surface area contributed by atoms with Crippen molar-refractivity contribution in [2.24, 2.45) is 5.92 Å². The van der Waals surface area contributed by atoms with Crippen molar-refractivity contribution in [2.75, 3.05) is 25.0 Å². The number of nitrogens with one attached hydrogen (secondary N) is 2. The molecule has 1 saturated heterocycles. The molecule has 2 aliphatic rings. The average molecular weight is 406 g/mol. The molecular formula is C22H25F3N2O2. The Hall–Kier alpha value is -2.09. The molecule has 0 radical (unpaired) electrons. The zero-order chi connectivity index (χ0) is 20.4. The monoisotopic (exact) mass is 406 g/mol. The summed E-state index contributed by atoms with van der Waals surface area (Å²) in [6.07, 6.45) is -3.23. The van der Waals surface area contributed by atoms with Gasteiger partial charge in [-0.1, -0.05) is 30.3 Å². The predicted octanol–water partition coefficient (Wildman–Crippen LogP) is 4.29. The fraction of sp³-hybridized carbons (Fsp3) is 0.455. The van der Waals surface area contributed by atoms with E-state index < -0.39 is 17.8 Å². The van der Waals surface area contributed by atoms with Crippen LogP contribution in [0.25, 0.3) is 0 Å². The van der Waals surface area contributed by atoms with Gasteiger partial charge in [0.15, 0.2) is 0 Å². The first-order valence-corrected chi connectivity index (χ1v) is 9.97. The van der Waals surface area contributed by atoms with Gasteiger partial charge in [0.2, 0.25) is 0 Å². The van der Waals surface area contributed by atoms with Gasteiger partial charge in [-0.05, 0) is 36.6 Å². The number of rotatable bonds is 5. The van der Waals surface area contributed by atoms with Crippen molar-refractivity contribution in [3.63, 3.8) is 0 Å². The molecule has 3 N–H and O–H groups in total. The molecule has 0 aliphatic carbocycles. The molecule has 7 heteroatoms. The zero-order valence-electron chi connectivity index (χ0n) is 16.0. The molecule has 0 aromatic heterocycles. The van der Waals surface area contributed by atoms with E-state index in [0.717, 1.165) is 24.5 Å². The number of halogens is 3. The van der Waals surface area contributed by atoms with E-state index in [9.17, 15) is 13.2 Å². The van der Waals surface area contributed by atoms with Gasteiger partial charge >= 0.3 is 6.18 Å². The summed E-state index contributed by atoms with van der Waals surface area (Å²) in [5.74, 6) is 0.0440. The van der Waals surface area contributed by atoms with E-state index in [1.165, 1.54) is 12.1 Å². The molecule has 0 unspecified atom stereocenters. The van der Waals surface area contributed by atoms with Crippen LogP contribution < -0.4 is 10.6 Å². The standard InChI is InChI=1S/C22H25F3N2O2/c23-22(24,25)15-6-9-19-18(12-15)21-17(8-7-16(29-21)13-26-10-11-28)20(27-19)14-4-2-1-3-5-14/h1-6,9,12,16-17,20-21,26-28H,7-8,10-11,13H2/t16-,17+,20+,21+/m1/s1. The molecule has 0 spiro atoms. The van der Waals surface area contributed by atoms with Crippen LogP contribution in [0.5, 0.6) is 0 Å². The molecule has 2 aromatic carbocycles. The Morgan fingerprint density at radius 3 is 2.62 bits per heavy atom. The molecule has 4 rings (SSSR count). The van der Waals surface area contributed by atoms with Crippen molar-refractivity contribution < 1.29 is 23.0 Å². The Bertz CT molecular complexity index is 829. The molecule has 0 amide bonds. The Morgan fingerprint density at radius 2 is 1.90 bits per heavy atom. The quantitative estimate of drug-likeness (QED) is 0.649. The first-order chi connectivity index (χ1) is 14.0. The van der Waals surface area contributed by atoms with E-state index in [0.29, 0.717) is 24.3 Å². The van der Waals surface area contributed by atoms with Gasteiger partial charge in [-0.15, -0.1) is 0 Å². The molecule has 4 nitrogen and oxygen atoms in total. The van der Waals surface area contributed by atoms with Crippen molar-refractivity contribution >= 4 is 5.69 Å². The summed E-state index contributed by atoms with van der Waals surface area (Å²) in [5, 5.41) is 15.6. The number of aliphatic hydroxyl groups excluding tert-OH is 1. The van der Waals surface area contributed by atoms with Crippen molar-refractivity contribution in [2.45, 2.75) is 37.3 Å². The Balaban J connectivity index is 1.67. The molecule has 2 aromatic rings. The highest BCUT2D eigenvalue weighted by molar-refractivity contribution is 5.58. The summed E-state index contributed by atoms with van der Waals surface area (Å²) < 4.78 is 46.3. The number of hydrogen-bond acceptors (Lipinski definition) is 4. The highest BCUT2D eigenvalue weighted by atomic mass is 19.4. The topological polar surface area (TPSA) is 53.5 Å². The molecule has 2 aliphatic heterocycles. The highest BCUT2D eigenvalue weighted by Gasteiger charge is 2.43. The molecular weight excluding hydrogens is 381 g/mol. The van der Waals surface area contributed by atoms with Crippen LogP contribution in [0.2, 0.25) is 0 Å².